The summed E-state index contributed by atoms with van der Waals surface area (Å²) in [5.41, 5.74) is 1.62. The smallest absolute Gasteiger partial charge is 0.252 e. The molecule has 0 saturated carbocycles. The molecular weight excluding hydrogens is 324 g/mol. The summed E-state index contributed by atoms with van der Waals surface area (Å²) in [7, 11) is 0. The molecule has 0 fully saturated rings. The summed E-state index contributed by atoms with van der Waals surface area (Å²) in [6.45, 7) is 4.00. The number of amides is 1. The predicted molar refractivity (Wildman–Crippen MR) is 92.1 cm³/mol. The van der Waals surface area contributed by atoms with Crippen molar-refractivity contribution in [3.05, 3.63) is 65.5 Å². The zero-order chi connectivity index (χ0) is 18.0. The SMILES string of the molecule is CCC(C)C(NC(=O)c1cc(F)cc(F)c1)c1nc2ccccc2[nH]1. The number of halogens is 2. The van der Waals surface area contributed by atoms with Crippen molar-refractivity contribution in [2.45, 2.75) is 26.3 Å². The topological polar surface area (TPSA) is 57.8 Å². The van der Waals surface area contributed by atoms with Crippen molar-refractivity contribution in [2.75, 3.05) is 0 Å². The van der Waals surface area contributed by atoms with Crippen LogP contribution in [0.15, 0.2) is 42.5 Å². The molecule has 6 heteroatoms. The molecule has 0 aliphatic carbocycles. The maximum atomic E-state index is 13.4. The van der Waals surface area contributed by atoms with E-state index < -0.39 is 23.6 Å². The molecule has 0 radical (unpaired) electrons. The van der Waals surface area contributed by atoms with E-state index in [9.17, 15) is 13.6 Å². The van der Waals surface area contributed by atoms with Gasteiger partial charge in [0.2, 0.25) is 0 Å². The zero-order valence-corrected chi connectivity index (χ0v) is 14.0. The van der Waals surface area contributed by atoms with Gasteiger partial charge in [0.05, 0.1) is 17.1 Å². The quantitative estimate of drug-likeness (QED) is 0.723. The van der Waals surface area contributed by atoms with Gasteiger partial charge in [0, 0.05) is 11.6 Å². The molecule has 3 rings (SSSR count). The number of nitrogens with zero attached hydrogens (tertiary/aromatic N) is 1. The van der Waals surface area contributed by atoms with Gasteiger partial charge in [-0.15, -0.1) is 0 Å². The van der Waals surface area contributed by atoms with E-state index in [1.807, 2.05) is 38.1 Å². The second-order valence-corrected chi connectivity index (χ2v) is 6.13. The molecule has 0 bridgehead atoms. The Balaban J connectivity index is 1.92. The molecule has 1 heterocycles. The van der Waals surface area contributed by atoms with E-state index in [0.717, 1.165) is 35.7 Å². The molecule has 4 nitrogen and oxygen atoms in total. The number of rotatable bonds is 5. The second-order valence-electron chi connectivity index (χ2n) is 6.13. The summed E-state index contributed by atoms with van der Waals surface area (Å²) in [5, 5.41) is 2.85. The number of imidazole rings is 1. The molecule has 0 saturated heterocycles. The van der Waals surface area contributed by atoms with E-state index in [1.54, 1.807) is 0 Å². The normalized spacial score (nSPS) is 13.6. The van der Waals surface area contributed by atoms with Crippen LogP contribution in [0.3, 0.4) is 0 Å². The molecule has 2 unspecified atom stereocenters. The largest absolute Gasteiger partial charge is 0.342 e. The number of fused-ring (bicyclic) bond motifs is 1. The van der Waals surface area contributed by atoms with E-state index in [0.29, 0.717) is 5.82 Å². The van der Waals surface area contributed by atoms with Gasteiger partial charge >= 0.3 is 0 Å². The van der Waals surface area contributed by atoms with Gasteiger partial charge in [0.15, 0.2) is 0 Å². The molecule has 130 valence electrons. The zero-order valence-electron chi connectivity index (χ0n) is 14.0. The van der Waals surface area contributed by atoms with E-state index in [-0.39, 0.29) is 11.5 Å². The summed E-state index contributed by atoms with van der Waals surface area (Å²) in [6.07, 6.45) is 0.805. The van der Waals surface area contributed by atoms with Crippen LogP contribution in [0.1, 0.15) is 42.5 Å². The third kappa shape index (κ3) is 3.68. The van der Waals surface area contributed by atoms with Crippen molar-refractivity contribution in [3.8, 4) is 0 Å². The van der Waals surface area contributed by atoms with Gasteiger partial charge in [-0.1, -0.05) is 32.4 Å². The first kappa shape index (κ1) is 17.1. The minimum Gasteiger partial charge on any atom is -0.342 e. The highest BCUT2D eigenvalue weighted by Gasteiger charge is 2.24. The van der Waals surface area contributed by atoms with Crippen molar-refractivity contribution < 1.29 is 13.6 Å². The maximum Gasteiger partial charge on any atom is 0.252 e. The van der Waals surface area contributed by atoms with Gasteiger partial charge in [-0.05, 0) is 30.2 Å². The van der Waals surface area contributed by atoms with E-state index in [4.69, 9.17) is 0 Å². The van der Waals surface area contributed by atoms with E-state index in [1.165, 1.54) is 0 Å². The van der Waals surface area contributed by atoms with Crippen molar-refractivity contribution in [1.29, 1.82) is 0 Å². The van der Waals surface area contributed by atoms with Crippen molar-refractivity contribution in [3.63, 3.8) is 0 Å². The van der Waals surface area contributed by atoms with Gasteiger partial charge in [0.1, 0.15) is 17.5 Å². The fraction of sp³-hybridized carbons (Fsp3) is 0.263. The molecule has 2 atom stereocenters. The number of carbonyl (C=O) groups is 1. The Kier molecular flexibility index (Phi) is 4.79. The van der Waals surface area contributed by atoms with Crippen LogP contribution in [-0.2, 0) is 0 Å². The molecule has 1 amide bonds. The van der Waals surface area contributed by atoms with Crippen LogP contribution >= 0.6 is 0 Å². The molecule has 0 aliphatic rings. The Morgan fingerprint density at radius 2 is 1.88 bits per heavy atom. The highest BCUT2D eigenvalue weighted by molar-refractivity contribution is 5.94. The molecule has 0 aliphatic heterocycles. The summed E-state index contributed by atoms with van der Waals surface area (Å²) in [5.74, 6) is -1.39. The van der Waals surface area contributed by atoms with Crippen LogP contribution in [0.4, 0.5) is 8.78 Å². The number of aromatic amines is 1. The van der Waals surface area contributed by atoms with Gasteiger partial charge in [-0.2, -0.15) is 0 Å². The summed E-state index contributed by atoms with van der Waals surface area (Å²) >= 11 is 0. The number of H-pyrrole nitrogens is 1. The predicted octanol–water partition coefficient (Wildman–Crippen LogP) is 4.36. The van der Waals surface area contributed by atoms with Crippen LogP contribution in [0.5, 0.6) is 0 Å². The van der Waals surface area contributed by atoms with Crippen LogP contribution < -0.4 is 5.32 Å². The Morgan fingerprint density at radius 3 is 2.52 bits per heavy atom. The van der Waals surface area contributed by atoms with E-state index >= 15 is 0 Å². The average molecular weight is 343 g/mol. The number of para-hydroxylation sites is 2. The summed E-state index contributed by atoms with van der Waals surface area (Å²) in [4.78, 5) is 20.2. The van der Waals surface area contributed by atoms with Crippen molar-refractivity contribution >= 4 is 16.9 Å². The Labute approximate surface area is 144 Å². The van der Waals surface area contributed by atoms with Gasteiger partial charge in [-0.3, -0.25) is 4.79 Å². The number of hydrogen-bond donors (Lipinski definition) is 2. The fourth-order valence-corrected chi connectivity index (χ4v) is 2.75. The first-order valence-corrected chi connectivity index (χ1v) is 8.19. The minimum absolute atomic E-state index is 0.0538. The molecule has 3 aromatic rings. The molecule has 0 spiro atoms. The maximum absolute atomic E-state index is 13.4. The molecule has 1 aromatic heterocycles. The fourth-order valence-electron chi connectivity index (χ4n) is 2.75. The summed E-state index contributed by atoms with van der Waals surface area (Å²) < 4.78 is 26.7. The van der Waals surface area contributed by atoms with Crippen LogP contribution in [0, 0.1) is 17.6 Å². The lowest BCUT2D eigenvalue weighted by molar-refractivity contribution is 0.0919. The minimum atomic E-state index is -0.783. The number of hydrogen-bond acceptors (Lipinski definition) is 2. The average Bonchev–Trinajstić information content (AvgIpc) is 3.01. The first-order valence-electron chi connectivity index (χ1n) is 8.19. The highest BCUT2D eigenvalue weighted by atomic mass is 19.1. The summed E-state index contributed by atoms with van der Waals surface area (Å²) in [6, 6.07) is 9.96. The van der Waals surface area contributed by atoms with Gasteiger partial charge in [0.25, 0.3) is 5.91 Å². The lowest BCUT2D eigenvalue weighted by Crippen LogP contribution is -2.33. The van der Waals surface area contributed by atoms with E-state index in [2.05, 4.69) is 15.3 Å². The third-order valence-corrected chi connectivity index (χ3v) is 4.33. The van der Waals surface area contributed by atoms with Crippen molar-refractivity contribution in [2.24, 2.45) is 5.92 Å². The first-order chi connectivity index (χ1) is 12.0. The molecule has 2 aromatic carbocycles. The van der Waals surface area contributed by atoms with Crippen LogP contribution in [0.2, 0.25) is 0 Å². The Morgan fingerprint density at radius 1 is 1.20 bits per heavy atom. The molecule has 25 heavy (non-hydrogen) atoms. The number of nitrogens with one attached hydrogen (secondary N) is 2. The van der Waals surface area contributed by atoms with Crippen molar-refractivity contribution in [1.82, 2.24) is 15.3 Å². The lowest BCUT2D eigenvalue weighted by Gasteiger charge is -2.22. The Hall–Kier alpha value is -2.76. The van der Waals surface area contributed by atoms with Crippen LogP contribution in [0.25, 0.3) is 11.0 Å². The Bertz CT molecular complexity index is 853. The second kappa shape index (κ2) is 7.01. The number of aromatic nitrogens is 2. The molecular formula is C19H19F2N3O. The third-order valence-electron chi connectivity index (χ3n) is 4.33. The lowest BCUT2D eigenvalue weighted by atomic mass is 9.98. The number of carbonyl (C=O) groups excluding carboxylic acids is 1. The number of benzene rings is 2. The standard InChI is InChI=1S/C19H19F2N3O/c1-3-11(2)17(18-22-15-6-4-5-7-16(15)23-18)24-19(25)12-8-13(20)10-14(21)9-12/h4-11,17H,3H2,1-2H3,(H,22,23)(H,24,25). The molecule has 2 N–H and O–H groups in total. The monoisotopic (exact) mass is 343 g/mol. The highest BCUT2D eigenvalue weighted by Crippen LogP contribution is 2.25. The van der Waals surface area contributed by atoms with Crippen LogP contribution in [-0.4, -0.2) is 15.9 Å². The van der Waals surface area contributed by atoms with Gasteiger partial charge < -0.3 is 10.3 Å². The van der Waals surface area contributed by atoms with Gasteiger partial charge in [-0.25, -0.2) is 13.8 Å².